The first-order valence-corrected chi connectivity index (χ1v) is 8.61. The Hall–Kier alpha value is -2.89. The molecule has 0 aliphatic heterocycles. The molecule has 0 spiro atoms. The largest absolute Gasteiger partial charge is 0.469 e. The summed E-state index contributed by atoms with van der Waals surface area (Å²) in [5, 5.41) is 2.86. The van der Waals surface area contributed by atoms with Crippen LogP contribution in [0.5, 0.6) is 0 Å². The molecule has 2 aromatic heterocycles. The van der Waals surface area contributed by atoms with Gasteiger partial charge < -0.3 is 14.2 Å². The van der Waals surface area contributed by atoms with Gasteiger partial charge in [0, 0.05) is 18.9 Å². The summed E-state index contributed by atoms with van der Waals surface area (Å²) in [6, 6.07) is 10.0. The Morgan fingerprint density at radius 2 is 2.04 bits per heavy atom. The van der Waals surface area contributed by atoms with E-state index < -0.39 is 0 Å². The molecule has 0 radical (unpaired) electrons. The van der Waals surface area contributed by atoms with Gasteiger partial charge in [0.15, 0.2) is 5.89 Å². The second-order valence-corrected chi connectivity index (χ2v) is 6.04. The third-order valence-electron chi connectivity index (χ3n) is 4.23. The number of halogens is 1. The molecule has 1 atom stereocenters. The van der Waals surface area contributed by atoms with Crippen molar-refractivity contribution in [2.75, 3.05) is 6.54 Å². The van der Waals surface area contributed by atoms with Crippen LogP contribution >= 0.6 is 0 Å². The summed E-state index contributed by atoms with van der Waals surface area (Å²) < 4.78 is 24.2. The van der Waals surface area contributed by atoms with Gasteiger partial charge in [-0.05, 0) is 43.2 Å². The maximum absolute atomic E-state index is 13.2. The third kappa shape index (κ3) is 4.02. The summed E-state index contributed by atoms with van der Waals surface area (Å²) >= 11 is 0. The summed E-state index contributed by atoms with van der Waals surface area (Å²) in [6.07, 6.45) is 2.85. The van der Waals surface area contributed by atoms with Gasteiger partial charge in [0.05, 0.1) is 12.0 Å². The number of hydrogen-bond acceptors (Lipinski definition) is 4. The van der Waals surface area contributed by atoms with E-state index >= 15 is 0 Å². The van der Waals surface area contributed by atoms with Crippen LogP contribution in [0.2, 0.25) is 0 Å². The number of benzene rings is 1. The van der Waals surface area contributed by atoms with Gasteiger partial charge in [0.1, 0.15) is 11.6 Å². The molecule has 3 rings (SSSR count). The lowest BCUT2D eigenvalue weighted by Crippen LogP contribution is -2.26. The third-order valence-corrected chi connectivity index (χ3v) is 4.23. The fourth-order valence-electron chi connectivity index (χ4n) is 2.88. The number of oxazole rings is 1. The van der Waals surface area contributed by atoms with Crippen LogP contribution in [-0.4, -0.2) is 17.4 Å². The number of hydrogen-bond donors (Lipinski definition) is 1. The van der Waals surface area contributed by atoms with E-state index in [1.165, 1.54) is 12.1 Å². The fourth-order valence-corrected chi connectivity index (χ4v) is 2.88. The monoisotopic (exact) mass is 356 g/mol. The van der Waals surface area contributed by atoms with Crippen LogP contribution in [0.3, 0.4) is 0 Å². The maximum atomic E-state index is 13.2. The summed E-state index contributed by atoms with van der Waals surface area (Å²) in [7, 11) is 0. The van der Waals surface area contributed by atoms with E-state index in [1.54, 1.807) is 25.3 Å². The van der Waals surface area contributed by atoms with E-state index in [2.05, 4.69) is 10.3 Å². The first-order valence-electron chi connectivity index (χ1n) is 8.61. The van der Waals surface area contributed by atoms with Crippen molar-refractivity contribution < 1.29 is 18.0 Å². The number of carbonyl (C=O) groups excluding carboxylic acids is 1. The van der Waals surface area contributed by atoms with Gasteiger partial charge in [-0.15, -0.1) is 0 Å². The van der Waals surface area contributed by atoms with Crippen molar-refractivity contribution in [2.45, 2.75) is 32.6 Å². The Balaban J connectivity index is 1.67. The van der Waals surface area contributed by atoms with Crippen molar-refractivity contribution in [3.8, 4) is 0 Å². The topological polar surface area (TPSA) is 68.3 Å². The van der Waals surface area contributed by atoms with Gasteiger partial charge in [-0.25, -0.2) is 9.37 Å². The van der Waals surface area contributed by atoms with Crippen LogP contribution in [0.25, 0.3) is 0 Å². The standard InChI is InChI=1S/C20H21FN2O3/c1-3-18-23-13(2)19(26-18)20(24)22-11-10-16(17-5-4-12-25-17)14-6-8-15(21)9-7-14/h4-9,12,16H,3,10-11H2,1-2H3,(H,22,24)/t16-/m0/s1. The minimum Gasteiger partial charge on any atom is -0.469 e. The highest BCUT2D eigenvalue weighted by Gasteiger charge is 2.20. The molecule has 0 saturated heterocycles. The van der Waals surface area contributed by atoms with E-state index in [0.29, 0.717) is 31.0 Å². The summed E-state index contributed by atoms with van der Waals surface area (Å²) in [4.78, 5) is 16.5. The molecule has 0 bridgehead atoms. The number of nitrogens with one attached hydrogen (secondary N) is 1. The summed E-state index contributed by atoms with van der Waals surface area (Å²) in [6.45, 7) is 4.09. The highest BCUT2D eigenvalue weighted by molar-refractivity contribution is 5.92. The zero-order chi connectivity index (χ0) is 18.5. The van der Waals surface area contributed by atoms with Gasteiger partial charge in [0.25, 0.3) is 5.91 Å². The second kappa shape index (κ2) is 7.99. The van der Waals surface area contributed by atoms with E-state index in [0.717, 1.165) is 11.3 Å². The molecule has 0 saturated carbocycles. The predicted octanol–water partition coefficient (Wildman–Crippen LogP) is 4.23. The number of rotatable bonds is 7. The van der Waals surface area contributed by atoms with Crippen LogP contribution in [0.1, 0.15) is 52.7 Å². The summed E-state index contributed by atoms with van der Waals surface area (Å²) in [5.41, 5.74) is 1.51. The van der Waals surface area contributed by atoms with Crippen LogP contribution in [0.15, 0.2) is 51.5 Å². The van der Waals surface area contributed by atoms with Gasteiger partial charge in [-0.3, -0.25) is 4.79 Å². The summed E-state index contributed by atoms with van der Waals surface area (Å²) in [5.74, 6) is 0.924. The highest BCUT2D eigenvalue weighted by Crippen LogP contribution is 2.28. The van der Waals surface area contributed by atoms with Crippen LogP contribution < -0.4 is 5.32 Å². The van der Waals surface area contributed by atoms with Crippen LogP contribution in [-0.2, 0) is 6.42 Å². The molecule has 0 fully saturated rings. The Morgan fingerprint density at radius 3 is 2.65 bits per heavy atom. The normalized spacial score (nSPS) is 12.1. The average Bonchev–Trinajstić information content (AvgIpc) is 3.29. The average molecular weight is 356 g/mol. The lowest BCUT2D eigenvalue weighted by Gasteiger charge is -2.15. The number of aryl methyl sites for hydroxylation is 2. The zero-order valence-corrected chi connectivity index (χ0v) is 14.8. The molecule has 1 aromatic carbocycles. The lowest BCUT2D eigenvalue weighted by molar-refractivity contribution is 0.0922. The smallest absolute Gasteiger partial charge is 0.289 e. The molecule has 6 heteroatoms. The Bertz CT molecular complexity index is 854. The van der Waals surface area contributed by atoms with E-state index in [4.69, 9.17) is 8.83 Å². The van der Waals surface area contributed by atoms with Crippen molar-refractivity contribution in [2.24, 2.45) is 0 Å². The number of furan rings is 1. The minimum absolute atomic E-state index is 0.0760. The number of nitrogens with zero attached hydrogens (tertiary/aromatic N) is 1. The quantitative estimate of drug-likeness (QED) is 0.688. The van der Waals surface area contributed by atoms with Crippen molar-refractivity contribution in [1.82, 2.24) is 10.3 Å². The first kappa shape index (κ1) is 17.9. The van der Waals surface area contributed by atoms with Gasteiger partial charge >= 0.3 is 0 Å². The van der Waals surface area contributed by atoms with E-state index in [1.807, 2.05) is 19.1 Å². The molecule has 2 heterocycles. The molecule has 0 unspecified atom stereocenters. The Kier molecular flexibility index (Phi) is 5.51. The Labute approximate surface area is 151 Å². The predicted molar refractivity (Wildman–Crippen MR) is 94.5 cm³/mol. The number of aromatic nitrogens is 1. The van der Waals surface area contributed by atoms with Gasteiger partial charge in [-0.1, -0.05) is 19.1 Å². The van der Waals surface area contributed by atoms with Crippen molar-refractivity contribution in [3.63, 3.8) is 0 Å². The first-order chi connectivity index (χ1) is 12.6. The number of amides is 1. The second-order valence-electron chi connectivity index (χ2n) is 6.04. The van der Waals surface area contributed by atoms with Gasteiger partial charge in [-0.2, -0.15) is 0 Å². The molecule has 136 valence electrons. The molecule has 0 aliphatic rings. The SMILES string of the molecule is CCc1nc(C)c(C(=O)NCC[C@@H](c2ccc(F)cc2)c2ccco2)o1. The fraction of sp³-hybridized carbons (Fsp3) is 0.300. The van der Waals surface area contributed by atoms with Crippen molar-refractivity contribution >= 4 is 5.91 Å². The number of carbonyl (C=O) groups is 1. The van der Waals surface area contributed by atoms with Crippen molar-refractivity contribution in [3.05, 3.63) is 77.1 Å². The van der Waals surface area contributed by atoms with E-state index in [9.17, 15) is 9.18 Å². The zero-order valence-electron chi connectivity index (χ0n) is 14.8. The maximum Gasteiger partial charge on any atom is 0.289 e. The molecule has 1 amide bonds. The highest BCUT2D eigenvalue weighted by atomic mass is 19.1. The Morgan fingerprint density at radius 1 is 1.27 bits per heavy atom. The molecule has 5 nitrogen and oxygen atoms in total. The molecular weight excluding hydrogens is 335 g/mol. The minimum atomic E-state index is -0.285. The van der Waals surface area contributed by atoms with Crippen LogP contribution in [0, 0.1) is 12.7 Å². The molecule has 1 N–H and O–H groups in total. The molecule has 26 heavy (non-hydrogen) atoms. The molecule has 0 aliphatic carbocycles. The molecule has 3 aromatic rings. The lowest BCUT2D eigenvalue weighted by atomic mass is 9.93. The molecular formula is C20H21FN2O3. The van der Waals surface area contributed by atoms with Crippen LogP contribution in [0.4, 0.5) is 4.39 Å². The van der Waals surface area contributed by atoms with Crippen molar-refractivity contribution in [1.29, 1.82) is 0 Å². The van der Waals surface area contributed by atoms with Gasteiger partial charge in [0.2, 0.25) is 5.76 Å². The van der Waals surface area contributed by atoms with E-state index in [-0.39, 0.29) is 23.4 Å².